The lowest BCUT2D eigenvalue weighted by Gasteiger charge is -1.99. The van der Waals surface area contributed by atoms with Crippen LogP contribution in [0.3, 0.4) is 0 Å². The predicted octanol–water partition coefficient (Wildman–Crippen LogP) is 3.89. The molecule has 0 aliphatic carbocycles. The van der Waals surface area contributed by atoms with Crippen molar-refractivity contribution in [2.75, 3.05) is 5.32 Å². The van der Waals surface area contributed by atoms with Gasteiger partial charge in [-0.25, -0.2) is 0 Å². The average molecular weight is 324 g/mol. The Morgan fingerprint density at radius 2 is 2.05 bits per heavy atom. The Bertz CT molecular complexity index is 784. The highest BCUT2D eigenvalue weighted by molar-refractivity contribution is 6.36. The number of furan rings is 1. The molecule has 1 amide bonds. The van der Waals surface area contributed by atoms with Crippen LogP contribution in [-0.2, 0) is 0 Å². The molecule has 0 aliphatic heterocycles. The molecule has 0 atom stereocenters. The van der Waals surface area contributed by atoms with Gasteiger partial charge in [0.25, 0.3) is 11.8 Å². The molecule has 0 fully saturated rings. The summed E-state index contributed by atoms with van der Waals surface area (Å²) >= 11 is 11.9. The van der Waals surface area contributed by atoms with E-state index in [1.807, 2.05) is 0 Å². The van der Waals surface area contributed by atoms with Gasteiger partial charge in [0, 0.05) is 5.02 Å². The summed E-state index contributed by atoms with van der Waals surface area (Å²) in [6.45, 7) is 0. The second-order valence-corrected chi connectivity index (χ2v) is 4.81. The molecular formula is C13H7Cl2N3O3. The summed E-state index contributed by atoms with van der Waals surface area (Å²) in [7, 11) is 0. The van der Waals surface area contributed by atoms with Gasteiger partial charge in [-0.05, 0) is 30.3 Å². The van der Waals surface area contributed by atoms with Crippen molar-refractivity contribution in [2.45, 2.75) is 0 Å². The Hall–Kier alpha value is -2.31. The molecule has 21 heavy (non-hydrogen) atoms. The van der Waals surface area contributed by atoms with Crippen LogP contribution in [0.25, 0.3) is 11.5 Å². The molecule has 0 aliphatic rings. The van der Waals surface area contributed by atoms with Gasteiger partial charge in [0.2, 0.25) is 0 Å². The number of rotatable bonds is 3. The van der Waals surface area contributed by atoms with E-state index in [0.717, 1.165) is 0 Å². The molecule has 2 aromatic heterocycles. The number of amides is 1. The van der Waals surface area contributed by atoms with Crippen LogP contribution in [-0.4, -0.2) is 16.1 Å². The summed E-state index contributed by atoms with van der Waals surface area (Å²) in [4.78, 5) is 11.8. The minimum atomic E-state index is -0.489. The van der Waals surface area contributed by atoms with Crippen LogP contribution in [0.5, 0.6) is 0 Å². The number of carbonyl (C=O) groups is 1. The molecule has 3 aromatic rings. The highest BCUT2D eigenvalue weighted by Crippen LogP contribution is 2.30. The number of nitrogens with one attached hydrogen (secondary N) is 1. The Kier molecular flexibility index (Phi) is 3.64. The fraction of sp³-hybridized carbons (Fsp3) is 0. The first-order valence-corrected chi connectivity index (χ1v) is 6.53. The normalized spacial score (nSPS) is 10.6. The Morgan fingerprint density at radius 3 is 2.76 bits per heavy atom. The topological polar surface area (TPSA) is 81.2 Å². The van der Waals surface area contributed by atoms with E-state index in [0.29, 0.717) is 15.6 Å². The van der Waals surface area contributed by atoms with Gasteiger partial charge >= 0.3 is 6.01 Å². The lowest BCUT2D eigenvalue weighted by molar-refractivity contribution is 0.0994. The van der Waals surface area contributed by atoms with Crippen molar-refractivity contribution in [1.29, 1.82) is 0 Å². The van der Waals surface area contributed by atoms with Crippen LogP contribution < -0.4 is 5.32 Å². The van der Waals surface area contributed by atoms with E-state index < -0.39 is 5.91 Å². The Balaban J connectivity index is 1.82. The number of aromatic nitrogens is 2. The second kappa shape index (κ2) is 5.59. The highest BCUT2D eigenvalue weighted by atomic mass is 35.5. The van der Waals surface area contributed by atoms with Crippen molar-refractivity contribution in [3.8, 4) is 11.5 Å². The number of nitrogens with zero attached hydrogens (tertiary/aromatic N) is 2. The minimum absolute atomic E-state index is 0.0579. The predicted molar refractivity (Wildman–Crippen MR) is 76.4 cm³/mol. The number of carbonyl (C=O) groups excluding carboxylic acids is 1. The third kappa shape index (κ3) is 2.91. The summed E-state index contributed by atoms with van der Waals surface area (Å²) < 4.78 is 10.3. The summed E-state index contributed by atoms with van der Waals surface area (Å²) in [5.41, 5.74) is 0.520. The van der Waals surface area contributed by atoms with Crippen molar-refractivity contribution < 1.29 is 13.6 Å². The average Bonchev–Trinajstić information content (AvgIpc) is 3.09. The highest BCUT2D eigenvalue weighted by Gasteiger charge is 2.16. The minimum Gasteiger partial charge on any atom is -0.459 e. The van der Waals surface area contributed by atoms with Gasteiger partial charge in [0.1, 0.15) is 0 Å². The summed E-state index contributed by atoms with van der Waals surface area (Å²) in [5.74, 6) is -0.178. The van der Waals surface area contributed by atoms with E-state index >= 15 is 0 Å². The van der Waals surface area contributed by atoms with Crippen LogP contribution in [0.1, 0.15) is 10.6 Å². The molecule has 0 saturated carbocycles. The summed E-state index contributed by atoms with van der Waals surface area (Å²) in [6, 6.07) is 7.91. The molecular weight excluding hydrogens is 317 g/mol. The van der Waals surface area contributed by atoms with E-state index in [4.69, 9.17) is 32.0 Å². The van der Waals surface area contributed by atoms with Gasteiger partial charge in [0.15, 0.2) is 5.76 Å². The van der Waals surface area contributed by atoms with Crippen molar-refractivity contribution in [3.63, 3.8) is 0 Å². The van der Waals surface area contributed by atoms with Gasteiger partial charge in [-0.15, -0.1) is 5.10 Å². The maximum Gasteiger partial charge on any atom is 0.322 e. The van der Waals surface area contributed by atoms with Crippen molar-refractivity contribution >= 4 is 35.1 Å². The van der Waals surface area contributed by atoms with Crippen LogP contribution in [0, 0.1) is 0 Å². The molecule has 1 N–H and O–H groups in total. The van der Waals surface area contributed by atoms with Crippen LogP contribution in [0.2, 0.25) is 10.0 Å². The van der Waals surface area contributed by atoms with Crippen molar-refractivity contribution in [2.24, 2.45) is 0 Å². The molecule has 0 spiro atoms. The SMILES string of the molecule is O=C(Nc1nnc(-c2ccc(Cl)cc2Cl)o1)c1ccco1. The maximum atomic E-state index is 11.8. The van der Waals surface area contributed by atoms with Crippen molar-refractivity contribution in [3.05, 3.63) is 52.4 Å². The van der Waals surface area contributed by atoms with Gasteiger partial charge in [-0.1, -0.05) is 28.3 Å². The third-order valence-corrected chi connectivity index (χ3v) is 3.10. The molecule has 6 nitrogen and oxygen atoms in total. The van der Waals surface area contributed by atoms with E-state index in [2.05, 4.69) is 15.5 Å². The second-order valence-electron chi connectivity index (χ2n) is 3.97. The van der Waals surface area contributed by atoms with Gasteiger partial charge in [-0.3, -0.25) is 10.1 Å². The number of halogens is 2. The van der Waals surface area contributed by atoms with Crippen molar-refractivity contribution in [1.82, 2.24) is 10.2 Å². The quantitative estimate of drug-likeness (QED) is 0.790. The maximum absolute atomic E-state index is 11.8. The zero-order chi connectivity index (χ0) is 14.8. The molecule has 0 saturated heterocycles. The van der Waals surface area contributed by atoms with E-state index in [9.17, 15) is 4.79 Å². The fourth-order valence-electron chi connectivity index (χ4n) is 1.61. The Morgan fingerprint density at radius 1 is 1.19 bits per heavy atom. The number of hydrogen-bond acceptors (Lipinski definition) is 5. The summed E-state index contributed by atoms with van der Waals surface area (Å²) in [5, 5.41) is 10.8. The van der Waals surface area contributed by atoms with Crippen LogP contribution in [0.4, 0.5) is 6.01 Å². The third-order valence-electron chi connectivity index (χ3n) is 2.55. The smallest absolute Gasteiger partial charge is 0.322 e. The monoisotopic (exact) mass is 323 g/mol. The molecule has 106 valence electrons. The van der Waals surface area contributed by atoms with Crippen LogP contribution in [0.15, 0.2) is 45.4 Å². The lowest BCUT2D eigenvalue weighted by Crippen LogP contribution is -2.10. The number of benzene rings is 1. The molecule has 2 heterocycles. The molecule has 1 aromatic carbocycles. The largest absolute Gasteiger partial charge is 0.459 e. The summed E-state index contributed by atoms with van der Waals surface area (Å²) in [6.07, 6.45) is 1.39. The van der Waals surface area contributed by atoms with Gasteiger partial charge in [0.05, 0.1) is 16.8 Å². The zero-order valence-electron chi connectivity index (χ0n) is 10.3. The standard InChI is InChI=1S/C13H7Cl2N3O3/c14-7-3-4-8(9(15)6-7)12-17-18-13(21-12)16-11(19)10-2-1-5-20-10/h1-6H,(H,16,18,19). The molecule has 0 bridgehead atoms. The van der Waals surface area contributed by atoms with Crippen LogP contribution >= 0.6 is 23.2 Å². The van der Waals surface area contributed by atoms with E-state index in [1.54, 1.807) is 24.3 Å². The first kappa shape index (κ1) is 13.7. The van der Waals surface area contributed by atoms with Gasteiger partial charge < -0.3 is 8.83 Å². The fourth-order valence-corrected chi connectivity index (χ4v) is 2.10. The van der Waals surface area contributed by atoms with Gasteiger partial charge in [-0.2, -0.15) is 0 Å². The molecule has 8 heteroatoms. The molecule has 0 radical (unpaired) electrons. The lowest BCUT2D eigenvalue weighted by atomic mass is 10.2. The number of anilines is 1. The zero-order valence-corrected chi connectivity index (χ0v) is 11.9. The first-order chi connectivity index (χ1) is 10.1. The molecule has 3 rings (SSSR count). The van der Waals surface area contributed by atoms with E-state index in [1.165, 1.54) is 12.3 Å². The Labute approximate surface area is 128 Å². The first-order valence-electron chi connectivity index (χ1n) is 5.77. The molecule has 0 unspecified atom stereocenters. The number of hydrogen-bond donors (Lipinski definition) is 1. The van der Waals surface area contributed by atoms with E-state index in [-0.39, 0.29) is 17.7 Å².